The minimum absolute atomic E-state index is 0.259. The maximum Gasteiger partial charge on any atom is 0.130 e. The van der Waals surface area contributed by atoms with Crippen LogP contribution in [-0.4, -0.2) is 10.1 Å². The van der Waals surface area contributed by atoms with Gasteiger partial charge in [0.15, 0.2) is 0 Å². The third kappa shape index (κ3) is 2.28. The summed E-state index contributed by atoms with van der Waals surface area (Å²) >= 11 is 3.17. The van der Waals surface area contributed by atoms with Crippen molar-refractivity contribution in [2.24, 2.45) is 0 Å². The van der Waals surface area contributed by atoms with E-state index in [1.54, 1.807) is 36.7 Å². The summed E-state index contributed by atoms with van der Waals surface area (Å²) in [6.45, 7) is 0. The number of hydrogen-bond donors (Lipinski definition) is 1. The highest BCUT2D eigenvalue weighted by Gasteiger charge is 2.14. The Morgan fingerprint density at radius 1 is 1.19 bits per heavy atom. The van der Waals surface area contributed by atoms with Gasteiger partial charge >= 0.3 is 0 Å². The third-order valence-electron chi connectivity index (χ3n) is 2.28. The van der Waals surface area contributed by atoms with Crippen LogP contribution in [-0.2, 0) is 0 Å². The predicted molar refractivity (Wildman–Crippen MR) is 62.4 cm³/mol. The second-order valence-corrected chi connectivity index (χ2v) is 4.26. The fraction of sp³-hybridized carbons (Fsp3) is 0.0833. The van der Waals surface area contributed by atoms with E-state index in [2.05, 4.69) is 20.9 Å². The molecule has 0 spiro atoms. The molecule has 2 nitrogen and oxygen atoms in total. The molecule has 0 aliphatic heterocycles. The standard InChI is InChI=1S/C12H9BrFNO/c13-9-1-2-10(11(14)7-9)12(16)8-3-5-15-6-4-8/h1-7,12,16H. The third-order valence-corrected chi connectivity index (χ3v) is 2.77. The van der Waals surface area contributed by atoms with Crippen LogP contribution in [0.5, 0.6) is 0 Å². The quantitative estimate of drug-likeness (QED) is 0.918. The molecule has 2 aromatic rings. The van der Waals surface area contributed by atoms with Crippen molar-refractivity contribution in [1.29, 1.82) is 0 Å². The molecule has 1 heterocycles. The molecule has 1 N–H and O–H groups in total. The molecule has 0 saturated carbocycles. The van der Waals surface area contributed by atoms with Gasteiger partial charge in [0.2, 0.25) is 0 Å². The summed E-state index contributed by atoms with van der Waals surface area (Å²) in [5.74, 6) is -0.432. The molecule has 0 saturated heterocycles. The first-order valence-corrected chi connectivity index (χ1v) is 5.50. The number of halogens is 2. The normalized spacial score (nSPS) is 12.4. The molecule has 0 fully saturated rings. The number of aliphatic hydroxyl groups excluding tert-OH is 1. The van der Waals surface area contributed by atoms with Gasteiger partial charge in [0.25, 0.3) is 0 Å². The van der Waals surface area contributed by atoms with Gasteiger partial charge in [-0.1, -0.05) is 22.0 Å². The van der Waals surface area contributed by atoms with Crippen molar-refractivity contribution in [3.05, 3.63) is 64.1 Å². The van der Waals surface area contributed by atoms with Crippen molar-refractivity contribution in [3.63, 3.8) is 0 Å². The lowest BCUT2D eigenvalue weighted by molar-refractivity contribution is 0.215. The average molecular weight is 282 g/mol. The molecular formula is C12H9BrFNO. The summed E-state index contributed by atoms with van der Waals surface area (Å²) in [6, 6.07) is 7.91. The first kappa shape index (κ1) is 11.2. The van der Waals surface area contributed by atoms with Crippen molar-refractivity contribution >= 4 is 15.9 Å². The summed E-state index contributed by atoms with van der Waals surface area (Å²) in [5.41, 5.74) is 0.880. The zero-order valence-corrected chi connectivity index (χ0v) is 9.86. The monoisotopic (exact) mass is 281 g/mol. The Kier molecular flexibility index (Phi) is 3.31. The lowest BCUT2D eigenvalue weighted by Gasteiger charge is -2.12. The Balaban J connectivity index is 2.38. The minimum atomic E-state index is -0.962. The Labute approximate surface area is 101 Å². The topological polar surface area (TPSA) is 33.1 Å². The highest BCUT2D eigenvalue weighted by Crippen LogP contribution is 2.25. The van der Waals surface area contributed by atoms with Crippen molar-refractivity contribution in [2.45, 2.75) is 6.10 Å². The second-order valence-electron chi connectivity index (χ2n) is 3.35. The van der Waals surface area contributed by atoms with Gasteiger partial charge in [-0.3, -0.25) is 4.98 Å². The molecule has 4 heteroatoms. The number of rotatable bonds is 2. The van der Waals surface area contributed by atoms with Crippen LogP contribution in [0.15, 0.2) is 47.2 Å². The smallest absolute Gasteiger partial charge is 0.130 e. The van der Waals surface area contributed by atoms with Gasteiger partial charge in [0.05, 0.1) is 0 Å². The number of aliphatic hydroxyl groups is 1. The Morgan fingerprint density at radius 2 is 1.88 bits per heavy atom. The lowest BCUT2D eigenvalue weighted by Crippen LogP contribution is -2.02. The lowest BCUT2D eigenvalue weighted by atomic mass is 10.0. The van der Waals surface area contributed by atoms with Gasteiger partial charge in [-0.05, 0) is 29.8 Å². The molecule has 0 amide bonds. The van der Waals surface area contributed by atoms with E-state index >= 15 is 0 Å². The van der Waals surface area contributed by atoms with Crippen LogP contribution in [0, 0.1) is 5.82 Å². The van der Waals surface area contributed by atoms with Gasteiger partial charge in [-0.25, -0.2) is 4.39 Å². The average Bonchev–Trinajstić information content (AvgIpc) is 2.29. The number of nitrogens with zero attached hydrogens (tertiary/aromatic N) is 1. The first-order chi connectivity index (χ1) is 7.68. The van der Waals surface area contributed by atoms with E-state index in [1.165, 1.54) is 6.07 Å². The van der Waals surface area contributed by atoms with E-state index in [1.807, 2.05) is 0 Å². The summed E-state index contributed by atoms with van der Waals surface area (Å²) in [4.78, 5) is 3.85. The number of pyridine rings is 1. The predicted octanol–water partition coefficient (Wildman–Crippen LogP) is 3.06. The molecule has 16 heavy (non-hydrogen) atoms. The van der Waals surface area contributed by atoms with Crippen molar-refractivity contribution in [1.82, 2.24) is 4.98 Å². The zero-order valence-electron chi connectivity index (χ0n) is 8.27. The van der Waals surface area contributed by atoms with E-state index < -0.39 is 11.9 Å². The van der Waals surface area contributed by atoms with Crippen LogP contribution in [0.3, 0.4) is 0 Å². The SMILES string of the molecule is OC(c1ccncc1)c1ccc(Br)cc1F. The first-order valence-electron chi connectivity index (χ1n) is 4.71. The highest BCUT2D eigenvalue weighted by atomic mass is 79.9. The maximum absolute atomic E-state index is 13.6. The van der Waals surface area contributed by atoms with Gasteiger partial charge in [0.1, 0.15) is 11.9 Å². The zero-order chi connectivity index (χ0) is 11.5. The molecule has 0 aliphatic carbocycles. The van der Waals surface area contributed by atoms with E-state index in [9.17, 15) is 9.50 Å². The molecule has 1 aromatic carbocycles. The van der Waals surface area contributed by atoms with Crippen molar-refractivity contribution < 1.29 is 9.50 Å². The Bertz CT molecular complexity index is 490. The largest absolute Gasteiger partial charge is 0.384 e. The van der Waals surface area contributed by atoms with Crippen LogP contribution in [0.25, 0.3) is 0 Å². The van der Waals surface area contributed by atoms with Crippen molar-refractivity contribution in [3.8, 4) is 0 Å². The molecule has 1 unspecified atom stereocenters. The van der Waals surface area contributed by atoms with E-state index in [0.717, 1.165) is 0 Å². The van der Waals surface area contributed by atoms with Gasteiger partial charge in [0, 0.05) is 22.4 Å². The van der Waals surface area contributed by atoms with Gasteiger partial charge in [-0.15, -0.1) is 0 Å². The van der Waals surface area contributed by atoms with Crippen LogP contribution < -0.4 is 0 Å². The molecule has 1 aromatic heterocycles. The molecule has 2 rings (SSSR count). The van der Waals surface area contributed by atoms with Crippen LogP contribution in [0.4, 0.5) is 4.39 Å². The molecule has 82 valence electrons. The van der Waals surface area contributed by atoms with Crippen LogP contribution in [0.2, 0.25) is 0 Å². The summed E-state index contributed by atoms with van der Waals surface area (Å²) in [5, 5.41) is 9.98. The summed E-state index contributed by atoms with van der Waals surface area (Å²) < 4.78 is 14.2. The maximum atomic E-state index is 13.6. The highest BCUT2D eigenvalue weighted by molar-refractivity contribution is 9.10. The summed E-state index contributed by atoms with van der Waals surface area (Å²) in [6.07, 6.45) is 2.17. The fourth-order valence-corrected chi connectivity index (χ4v) is 1.78. The molecule has 0 radical (unpaired) electrons. The number of benzene rings is 1. The molecular weight excluding hydrogens is 273 g/mol. The van der Waals surface area contributed by atoms with Crippen LogP contribution >= 0.6 is 15.9 Å². The molecule has 1 atom stereocenters. The van der Waals surface area contributed by atoms with Gasteiger partial charge < -0.3 is 5.11 Å². The number of hydrogen-bond acceptors (Lipinski definition) is 2. The van der Waals surface area contributed by atoms with Crippen molar-refractivity contribution in [2.75, 3.05) is 0 Å². The fourth-order valence-electron chi connectivity index (χ4n) is 1.45. The Hall–Kier alpha value is -1.26. The molecule has 0 aliphatic rings. The van der Waals surface area contributed by atoms with Gasteiger partial charge in [-0.2, -0.15) is 0 Å². The minimum Gasteiger partial charge on any atom is -0.384 e. The molecule has 0 bridgehead atoms. The van der Waals surface area contributed by atoms with E-state index in [0.29, 0.717) is 10.0 Å². The number of aromatic nitrogens is 1. The second kappa shape index (κ2) is 4.72. The Morgan fingerprint density at radius 3 is 2.50 bits per heavy atom. The van der Waals surface area contributed by atoms with Crippen LogP contribution in [0.1, 0.15) is 17.2 Å². The summed E-state index contributed by atoms with van der Waals surface area (Å²) in [7, 11) is 0. The van der Waals surface area contributed by atoms with E-state index in [4.69, 9.17) is 0 Å². The van der Waals surface area contributed by atoms with E-state index in [-0.39, 0.29) is 5.56 Å².